The van der Waals surface area contributed by atoms with E-state index in [0.717, 1.165) is 42.1 Å². The van der Waals surface area contributed by atoms with Crippen molar-refractivity contribution < 1.29 is 14.4 Å². The first-order valence-corrected chi connectivity index (χ1v) is 9.66. The van der Waals surface area contributed by atoms with Crippen LogP contribution in [0.4, 0.5) is 11.4 Å². The summed E-state index contributed by atoms with van der Waals surface area (Å²) in [6.45, 7) is 5.77. The van der Waals surface area contributed by atoms with Crippen LogP contribution in [0.1, 0.15) is 6.92 Å². The van der Waals surface area contributed by atoms with E-state index in [1.807, 2.05) is 43.3 Å². The van der Waals surface area contributed by atoms with E-state index in [1.165, 1.54) is 10.6 Å². The summed E-state index contributed by atoms with van der Waals surface area (Å²) in [4.78, 5) is 16.3. The van der Waals surface area contributed by atoms with Crippen LogP contribution in [0.5, 0.6) is 5.75 Å². The van der Waals surface area contributed by atoms with Crippen molar-refractivity contribution in [2.45, 2.75) is 13.0 Å². The van der Waals surface area contributed by atoms with E-state index in [9.17, 15) is 4.79 Å². The van der Waals surface area contributed by atoms with Gasteiger partial charge in [0.15, 0.2) is 6.04 Å². The second kappa shape index (κ2) is 8.56. The number of anilines is 2. The van der Waals surface area contributed by atoms with Crippen molar-refractivity contribution in [3.63, 3.8) is 0 Å². The van der Waals surface area contributed by atoms with Gasteiger partial charge in [0, 0.05) is 15.8 Å². The number of carbonyl (C=O) groups is 1. The van der Waals surface area contributed by atoms with Crippen LogP contribution in [0.15, 0.2) is 53.0 Å². The number of ether oxygens (including phenoxy) is 1. The molecule has 0 bridgehead atoms. The number of rotatable bonds is 5. The van der Waals surface area contributed by atoms with E-state index in [2.05, 4.69) is 38.3 Å². The fourth-order valence-corrected chi connectivity index (χ4v) is 3.68. The first kappa shape index (κ1) is 18.7. The number of hydrogen-bond donors (Lipinski definition) is 2. The van der Waals surface area contributed by atoms with Crippen molar-refractivity contribution in [3.8, 4) is 5.75 Å². The maximum Gasteiger partial charge on any atom is 0.282 e. The van der Waals surface area contributed by atoms with E-state index in [0.29, 0.717) is 0 Å². The molecule has 26 heavy (non-hydrogen) atoms. The summed E-state index contributed by atoms with van der Waals surface area (Å²) in [5, 5.41) is 3.02. The van der Waals surface area contributed by atoms with Crippen LogP contribution >= 0.6 is 15.9 Å². The molecule has 1 aliphatic heterocycles. The SMILES string of the molecule is COc1ccc(N2CC[NH+]([C@H](C)C(=O)Nc3cccc(Br)c3)CC2)cc1. The van der Waals surface area contributed by atoms with E-state index in [1.54, 1.807) is 7.11 Å². The van der Waals surface area contributed by atoms with E-state index in [4.69, 9.17) is 4.74 Å². The molecule has 0 aliphatic carbocycles. The standard InChI is InChI=1S/C20H24BrN3O2/c1-15(20(25)22-17-5-3-4-16(21)14-17)23-10-12-24(13-11-23)18-6-8-19(26-2)9-7-18/h3-9,14-15H,10-13H2,1-2H3,(H,22,25)/p+1/t15-/m1/s1. The molecule has 1 fully saturated rings. The lowest BCUT2D eigenvalue weighted by Gasteiger charge is -2.36. The first-order valence-electron chi connectivity index (χ1n) is 8.87. The van der Waals surface area contributed by atoms with Crippen molar-refractivity contribution in [2.75, 3.05) is 43.5 Å². The number of benzene rings is 2. The Kier molecular flexibility index (Phi) is 6.16. The number of nitrogens with zero attached hydrogens (tertiary/aromatic N) is 1. The minimum absolute atomic E-state index is 0.0657. The Hall–Kier alpha value is -2.05. The van der Waals surface area contributed by atoms with Gasteiger partial charge >= 0.3 is 0 Å². The Morgan fingerprint density at radius 1 is 1.19 bits per heavy atom. The van der Waals surface area contributed by atoms with Gasteiger partial charge in [0.05, 0.1) is 33.3 Å². The fourth-order valence-electron chi connectivity index (χ4n) is 3.28. The monoisotopic (exact) mass is 418 g/mol. The summed E-state index contributed by atoms with van der Waals surface area (Å²) in [5.74, 6) is 0.937. The van der Waals surface area contributed by atoms with Crippen LogP contribution in [0.3, 0.4) is 0 Å². The molecular formula is C20H25BrN3O2+. The largest absolute Gasteiger partial charge is 0.497 e. The molecule has 0 saturated carbocycles. The number of halogens is 1. The number of piperazine rings is 1. The summed E-state index contributed by atoms with van der Waals surface area (Å²) in [7, 11) is 1.68. The molecule has 2 aromatic carbocycles. The summed E-state index contributed by atoms with van der Waals surface area (Å²) in [6, 6.07) is 15.8. The van der Waals surface area contributed by atoms with Crippen LogP contribution in [0.2, 0.25) is 0 Å². The maximum absolute atomic E-state index is 12.6. The van der Waals surface area contributed by atoms with Crippen LogP contribution in [-0.2, 0) is 4.79 Å². The van der Waals surface area contributed by atoms with Crippen molar-refractivity contribution >= 4 is 33.2 Å². The molecule has 2 aromatic rings. The highest BCUT2D eigenvalue weighted by Crippen LogP contribution is 2.19. The minimum atomic E-state index is -0.0769. The highest BCUT2D eigenvalue weighted by atomic mass is 79.9. The smallest absolute Gasteiger partial charge is 0.282 e. The number of nitrogens with one attached hydrogen (secondary N) is 2. The zero-order chi connectivity index (χ0) is 18.5. The maximum atomic E-state index is 12.6. The van der Waals surface area contributed by atoms with Crippen molar-refractivity contribution in [3.05, 3.63) is 53.0 Å². The highest BCUT2D eigenvalue weighted by molar-refractivity contribution is 9.10. The van der Waals surface area contributed by atoms with Gasteiger partial charge in [-0.3, -0.25) is 4.79 Å². The van der Waals surface area contributed by atoms with Gasteiger partial charge in [0.1, 0.15) is 5.75 Å². The van der Waals surface area contributed by atoms with Gasteiger partial charge in [-0.15, -0.1) is 0 Å². The lowest BCUT2D eigenvalue weighted by atomic mass is 10.2. The van der Waals surface area contributed by atoms with Gasteiger partial charge < -0.3 is 19.9 Å². The molecular weight excluding hydrogens is 394 g/mol. The zero-order valence-electron chi connectivity index (χ0n) is 15.2. The molecule has 0 spiro atoms. The third-order valence-corrected chi connectivity index (χ3v) is 5.43. The molecule has 6 heteroatoms. The third kappa shape index (κ3) is 4.56. The zero-order valence-corrected chi connectivity index (χ0v) is 16.8. The van der Waals surface area contributed by atoms with Gasteiger partial charge in [0.2, 0.25) is 0 Å². The van der Waals surface area contributed by atoms with Crippen LogP contribution in [-0.4, -0.2) is 45.2 Å². The topological polar surface area (TPSA) is 46.0 Å². The summed E-state index contributed by atoms with van der Waals surface area (Å²) >= 11 is 3.43. The lowest BCUT2D eigenvalue weighted by molar-refractivity contribution is -0.914. The third-order valence-electron chi connectivity index (χ3n) is 4.94. The summed E-state index contributed by atoms with van der Waals surface area (Å²) in [5.41, 5.74) is 2.03. The molecule has 5 nitrogen and oxygen atoms in total. The van der Waals surface area contributed by atoms with Crippen molar-refractivity contribution in [1.82, 2.24) is 0 Å². The predicted molar refractivity (Wildman–Crippen MR) is 108 cm³/mol. The molecule has 1 atom stereocenters. The molecule has 1 aliphatic rings. The molecule has 0 radical (unpaired) electrons. The quantitative estimate of drug-likeness (QED) is 0.781. The van der Waals surface area contributed by atoms with Crippen LogP contribution in [0, 0.1) is 0 Å². The second-order valence-electron chi connectivity index (χ2n) is 6.56. The Bertz CT molecular complexity index is 743. The normalized spacial score (nSPS) is 16.2. The van der Waals surface area contributed by atoms with Crippen molar-refractivity contribution in [1.29, 1.82) is 0 Å². The molecule has 1 saturated heterocycles. The average molecular weight is 419 g/mol. The highest BCUT2D eigenvalue weighted by Gasteiger charge is 2.29. The van der Waals surface area contributed by atoms with E-state index in [-0.39, 0.29) is 11.9 Å². The van der Waals surface area contributed by atoms with Gasteiger partial charge in [0.25, 0.3) is 5.91 Å². The number of quaternary nitrogens is 1. The minimum Gasteiger partial charge on any atom is -0.497 e. The van der Waals surface area contributed by atoms with Gasteiger partial charge in [-0.2, -0.15) is 0 Å². The number of carbonyl (C=O) groups excluding carboxylic acids is 1. The Balaban J connectivity index is 1.54. The molecule has 1 heterocycles. The molecule has 3 rings (SSSR count). The molecule has 0 unspecified atom stereocenters. The Labute approximate surface area is 163 Å². The van der Waals surface area contributed by atoms with Gasteiger partial charge in [-0.1, -0.05) is 22.0 Å². The van der Waals surface area contributed by atoms with Gasteiger partial charge in [-0.05, 0) is 49.4 Å². The van der Waals surface area contributed by atoms with Gasteiger partial charge in [-0.25, -0.2) is 0 Å². The Morgan fingerprint density at radius 2 is 1.88 bits per heavy atom. The second-order valence-corrected chi connectivity index (χ2v) is 7.48. The molecule has 138 valence electrons. The van der Waals surface area contributed by atoms with Crippen LogP contribution < -0.4 is 19.9 Å². The van der Waals surface area contributed by atoms with E-state index >= 15 is 0 Å². The number of hydrogen-bond acceptors (Lipinski definition) is 3. The average Bonchev–Trinajstić information content (AvgIpc) is 2.67. The molecule has 0 aromatic heterocycles. The van der Waals surface area contributed by atoms with E-state index < -0.39 is 0 Å². The van der Waals surface area contributed by atoms with Crippen molar-refractivity contribution in [2.24, 2.45) is 0 Å². The molecule has 1 amide bonds. The number of amides is 1. The summed E-state index contributed by atoms with van der Waals surface area (Å²) < 4.78 is 6.18. The number of methoxy groups -OCH3 is 1. The molecule has 2 N–H and O–H groups in total. The van der Waals surface area contributed by atoms with Crippen LogP contribution in [0.25, 0.3) is 0 Å². The lowest BCUT2D eigenvalue weighted by Crippen LogP contribution is -3.19. The summed E-state index contributed by atoms with van der Waals surface area (Å²) in [6.07, 6.45) is 0. The fraction of sp³-hybridized carbons (Fsp3) is 0.350. The first-order chi connectivity index (χ1) is 12.6. The Morgan fingerprint density at radius 3 is 2.50 bits per heavy atom. The predicted octanol–water partition coefficient (Wildman–Crippen LogP) is 2.19.